The van der Waals surface area contributed by atoms with Crippen LogP contribution in [0.2, 0.25) is 0 Å². The number of aliphatic hydroxyl groups excluding tert-OH is 1. The van der Waals surface area contributed by atoms with Crippen LogP contribution in [0.25, 0.3) is 0 Å². The lowest BCUT2D eigenvalue weighted by Gasteiger charge is -2.20. The largest absolute Gasteiger partial charge is 0.389 e. The summed E-state index contributed by atoms with van der Waals surface area (Å²) in [7, 11) is 1.88. The van der Waals surface area contributed by atoms with E-state index in [4.69, 9.17) is 0 Å². The number of hydrogen-bond acceptors (Lipinski definition) is 4. The highest BCUT2D eigenvalue weighted by Gasteiger charge is 2.34. The summed E-state index contributed by atoms with van der Waals surface area (Å²) in [5.41, 5.74) is 1.26. The van der Waals surface area contributed by atoms with Gasteiger partial charge in [-0.1, -0.05) is 13.0 Å². The molecule has 0 aliphatic heterocycles. The van der Waals surface area contributed by atoms with Crippen LogP contribution in [-0.2, 0) is 0 Å². The van der Waals surface area contributed by atoms with Gasteiger partial charge < -0.3 is 10.0 Å². The minimum atomic E-state index is -0.693. The molecule has 5 heteroatoms. The van der Waals surface area contributed by atoms with Gasteiger partial charge in [-0.3, -0.25) is 10.1 Å². The molecule has 1 saturated carbocycles. The van der Waals surface area contributed by atoms with Gasteiger partial charge in [0.25, 0.3) is 5.69 Å². The first kappa shape index (κ1) is 13.8. The van der Waals surface area contributed by atoms with Crippen LogP contribution in [0.4, 0.5) is 11.4 Å². The summed E-state index contributed by atoms with van der Waals surface area (Å²) < 4.78 is 0. The molecular formula is C14H20N2O3. The summed E-state index contributed by atoms with van der Waals surface area (Å²) in [5.74, 6) is 1.36. The molecule has 0 heterocycles. The lowest BCUT2D eigenvalue weighted by Crippen LogP contribution is -2.21. The van der Waals surface area contributed by atoms with E-state index in [0.717, 1.165) is 12.5 Å². The number of hydrogen-bond donors (Lipinski definition) is 1. The number of nitrogens with zero attached hydrogens (tertiary/aromatic N) is 2. The molecular weight excluding hydrogens is 244 g/mol. The molecule has 0 saturated heterocycles. The van der Waals surface area contributed by atoms with Crippen molar-refractivity contribution in [3.05, 3.63) is 33.9 Å². The number of rotatable bonds is 5. The molecule has 19 heavy (non-hydrogen) atoms. The smallest absolute Gasteiger partial charge is 0.292 e. The first-order chi connectivity index (χ1) is 8.90. The Morgan fingerprint density at radius 3 is 2.68 bits per heavy atom. The van der Waals surface area contributed by atoms with Gasteiger partial charge in [0, 0.05) is 19.7 Å². The average Bonchev–Trinajstić information content (AvgIpc) is 3.03. The second-order valence-electron chi connectivity index (χ2n) is 5.53. The Morgan fingerprint density at radius 2 is 2.21 bits per heavy atom. The van der Waals surface area contributed by atoms with Gasteiger partial charge in [0.2, 0.25) is 0 Å². The van der Waals surface area contributed by atoms with E-state index in [0.29, 0.717) is 17.2 Å². The SMILES string of the molecule is CC1CC1CN(C)c1ccc([C@H](C)O)cc1[N+](=O)[O-]. The maximum Gasteiger partial charge on any atom is 0.292 e. The monoisotopic (exact) mass is 264 g/mol. The van der Waals surface area contributed by atoms with Crippen LogP contribution >= 0.6 is 0 Å². The fourth-order valence-electron chi connectivity index (χ4n) is 2.37. The predicted octanol–water partition coefficient (Wildman–Crippen LogP) is 2.74. The number of nitro benzene ring substituents is 1. The molecule has 2 rings (SSSR count). The molecule has 0 bridgehead atoms. The van der Waals surface area contributed by atoms with Crippen molar-refractivity contribution in [1.29, 1.82) is 0 Å². The lowest BCUT2D eigenvalue weighted by molar-refractivity contribution is -0.384. The van der Waals surface area contributed by atoms with Gasteiger partial charge in [-0.2, -0.15) is 0 Å². The van der Waals surface area contributed by atoms with Crippen molar-refractivity contribution in [1.82, 2.24) is 0 Å². The van der Waals surface area contributed by atoms with E-state index in [9.17, 15) is 15.2 Å². The number of anilines is 1. The normalized spacial score (nSPS) is 22.9. The van der Waals surface area contributed by atoms with Gasteiger partial charge in [-0.05, 0) is 36.8 Å². The molecule has 3 atom stereocenters. The van der Waals surface area contributed by atoms with Crippen LogP contribution in [0.15, 0.2) is 18.2 Å². The molecule has 0 amide bonds. The molecule has 0 radical (unpaired) electrons. The van der Waals surface area contributed by atoms with Crippen molar-refractivity contribution in [2.24, 2.45) is 11.8 Å². The topological polar surface area (TPSA) is 66.6 Å². The summed E-state index contributed by atoms with van der Waals surface area (Å²) in [6.45, 7) is 4.65. The average molecular weight is 264 g/mol. The van der Waals surface area contributed by atoms with E-state index in [1.807, 2.05) is 11.9 Å². The maximum absolute atomic E-state index is 11.2. The van der Waals surface area contributed by atoms with Crippen LogP contribution in [0.5, 0.6) is 0 Å². The van der Waals surface area contributed by atoms with Gasteiger partial charge >= 0.3 is 0 Å². The van der Waals surface area contributed by atoms with E-state index < -0.39 is 6.10 Å². The van der Waals surface area contributed by atoms with E-state index >= 15 is 0 Å². The Morgan fingerprint density at radius 1 is 1.58 bits per heavy atom. The molecule has 2 unspecified atom stereocenters. The second kappa shape index (κ2) is 5.17. The van der Waals surface area contributed by atoms with Gasteiger partial charge in [-0.15, -0.1) is 0 Å². The van der Waals surface area contributed by atoms with Crippen molar-refractivity contribution in [2.45, 2.75) is 26.4 Å². The Hall–Kier alpha value is -1.62. The maximum atomic E-state index is 11.2. The molecule has 1 aromatic rings. The molecule has 0 spiro atoms. The Labute approximate surface area is 113 Å². The molecule has 1 N–H and O–H groups in total. The Kier molecular flexibility index (Phi) is 3.75. The van der Waals surface area contributed by atoms with Crippen LogP contribution in [0.1, 0.15) is 31.9 Å². The highest BCUT2D eigenvalue weighted by Crippen LogP contribution is 2.40. The third-order valence-corrected chi connectivity index (χ3v) is 3.87. The molecule has 0 aromatic heterocycles. The van der Waals surface area contributed by atoms with Crippen LogP contribution in [0, 0.1) is 22.0 Å². The third-order valence-electron chi connectivity index (χ3n) is 3.87. The zero-order chi connectivity index (χ0) is 14.2. The second-order valence-corrected chi connectivity index (χ2v) is 5.53. The predicted molar refractivity (Wildman–Crippen MR) is 74.3 cm³/mol. The van der Waals surface area contributed by atoms with Crippen molar-refractivity contribution in [3.63, 3.8) is 0 Å². The van der Waals surface area contributed by atoms with Crippen molar-refractivity contribution in [2.75, 3.05) is 18.5 Å². The third kappa shape index (κ3) is 3.04. The van der Waals surface area contributed by atoms with E-state index in [1.54, 1.807) is 19.1 Å². The van der Waals surface area contributed by atoms with Gasteiger partial charge in [0.15, 0.2) is 0 Å². The standard InChI is InChI=1S/C14H20N2O3/c1-9-6-12(9)8-15(3)13-5-4-11(10(2)17)7-14(13)16(18)19/h4-5,7,9-10,12,17H,6,8H2,1-3H3/t9?,10-,12?/m0/s1. The number of benzene rings is 1. The summed E-state index contributed by atoms with van der Waals surface area (Å²) in [4.78, 5) is 12.7. The van der Waals surface area contributed by atoms with Gasteiger partial charge in [0.1, 0.15) is 5.69 Å². The molecule has 1 aliphatic rings. The van der Waals surface area contributed by atoms with E-state index in [1.165, 1.54) is 12.5 Å². The Balaban J connectivity index is 2.25. The minimum Gasteiger partial charge on any atom is -0.389 e. The molecule has 104 valence electrons. The Bertz CT molecular complexity index is 488. The molecule has 5 nitrogen and oxygen atoms in total. The summed E-state index contributed by atoms with van der Waals surface area (Å²) >= 11 is 0. The highest BCUT2D eigenvalue weighted by molar-refractivity contribution is 5.64. The fraction of sp³-hybridized carbons (Fsp3) is 0.571. The lowest BCUT2D eigenvalue weighted by atomic mass is 10.1. The van der Waals surface area contributed by atoms with Crippen LogP contribution in [0.3, 0.4) is 0 Å². The van der Waals surface area contributed by atoms with Crippen molar-refractivity contribution >= 4 is 11.4 Å². The van der Waals surface area contributed by atoms with Crippen molar-refractivity contribution in [3.8, 4) is 0 Å². The van der Waals surface area contributed by atoms with E-state index in [-0.39, 0.29) is 10.6 Å². The summed E-state index contributed by atoms with van der Waals surface area (Å²) in [5, 5.41) is 20.7. The number of aliphatic hydroxyl groups is 1. The fourth-order valence-corrected chi connectivity index (χ4v) is 2.37. The minimum absolute atomic E-state index is 0.0641. The molecule has 1 aliphatic carbocycles. The highest BCUT2D eigenvalue weighted by atomic mass is 16.6. The number of nitro groups is 1. The quantitative estimate of drug-likeness (QED) is 0.656. The zero-order valence-electron chi connectivity index (χ0n) is 11.5. The first-order valence-electron chi connectivity index (χ1n) is 6.57. The first-order valence-corrected chi connectivity index (χ1v) is 6.57. The molecule has 1 aromatic carbocycles. The van der Waals surface area contributed by atoms with Crippen LogP contribution < -0.4 is 4.90 Å². The van der Waals surface area contributed by atoms with Crippen molar-refractivity contribution < 1.29 is 10.0 Å². The molecule has 1 fully saturated rings. The van der Waals surface area contributed by atoms with Crippen LogP contribution in [-0.4, -0.2) is 23.6 Å². The van der Waals surface area contributed by atoms with E-state index in [2.05, 4.69) is 6.92 Å². The van der Waals surface area contributed by atoms with Gasteiger partial charge in [0.05, 0.1) is 11.0 Å². The summed E-state index contributed by atoms with van der Waals surface area (Å²) in [6, 6.07) is 4.94. The zero-order valence-corrected chi connectivity index (χ0v) is 11.5. The van der Waals surface area contributed by atoms with Gasteiger partial charge in [-0.25, -0.2) is 0 Å². The summed E-state index contributed by atoms with van der Waals surface area (Å²) in [6.07, 6.45) is 0.505.